The molecule has 3 rings (SSSR count). The SMILES string of the molecule is COC(=O)C1CN(C(=O)c2ccc(N(C)C)cc2)CCN1C(=O)c1ccc(N(C)C)cc1. The molecule has 0 radical (unpaired) electrons. The monoisotopic (exact) mass is 438 g/mol. The number of hydrogen-bond donors (Lipinski definition) is 0. The van der Waals surface area contributed by atoms with E-state index in [0.29, 0.717) is 17.7 Å². The Morgan fingerprint density at radius 2 is 1.25 bits per heavy atom. The average Bonchev–Trinajstić information content (AvgIpc) is 2.82. The van der Waals surface area contributed by atoms with E-state index in [4.69, 9.17) is 4.74 Å². The van der Waals surface area contributed by atoms with Crippen LogP contribution in [0.1, 0.15) is 20.7 Å². The third kappa shape index (κ3) is 4.85. The molecule has 0 spiro atoms. The second-order valence-electron chi connectivity index (χ2n) is 8.17. The zero-order chi connectivity index (χ0) is 23.4. The van der Waals surface area contributed by atoms with Crippen LogP contribution in [0.4, 0.5) is 11.4 Å². The fourth-order valence-electron chi connectivity index (χ4n) is 3.70. The molecule has 2 amide bonds. The Balaban J connectivity index is 1.78. The Hall–Kier alpha value is -3.55. The number of carbonyl (C=O) groups is 3. The van der Waals surface area contributed by atoms with Crippen molar-refractivity contribution >= 4 is 29.2 Å². The minimum absolute atomic E-state index is 0.0858. The molecule has 0 aromatic heterocycles. The Kier molecular flexibility index (Phi) is 7.02. The molecule has 1 aliphatic rings. The second-order valence-corrected chi connectivity index (χ2v) is 8.17. The number of ether oxygens (including phenoxy) is 1. The molecule has 1 fully saturated rings. The normalized spacial score (nSPS) is 15.8. The minimum atomic E-state index is -0.861. The summed E-state index contributed by atoms with van der Waals surface area (Å²) in [6.45, 7) is 0.668. The van der Waals surface area contributed by atoms with Gasteiger partial charge in [0.1, 0.15) is 6.04 Å². The topological polar surface area (TPSA) is 73.4 Å². The number of methoxy groups -OCH3 is 1. The lowest BCUT2D eigenvalue weighted by atomic mass is 10.1. The van der Waals surface area contributed by atoms with Crippen LogP contribution in [0, 0.1) is 0 Å². The Morgan fingerprint density at radius 1 is 0.781 bits per heavy atom. The van der Waals surface area contributed by atoms with Gasteiger partial charge in [0.05, 0.1) is 13.7 Å². The summed E-state index contributed by atoms with van der Waals surface area (Å²) in [5.41, 5.74) is 2.99. The van der Waals surface area contributed by atoms with Crippen LogP contribution in [0.3, 0.4) is 0 Å². The summed E-state index contributed by atoms with van der Waals surface area (Å²) < 4.78 is 4.95. The number of esters is 1. The first-order valence-electron chi connectivity index (χ1n) is 10.5. The smallest absolute Gasteiger partial charge is 0.330 e. The van der Waals surface area contributed by atoms with E-state index in [1.165, 1.54) is 12.0 Å². The zero-order valence-electron chi connectivity index (χ0n) is 19.2. The second kappa shape index (κ2) is 9.72. The van der Waals surface area contributed by atoms with Gasteiger partial charge in [0.15, 0.2) is 0 Å². The summed E-state index contributed by atoms with van der Waals surface area (Å²) in [5.74, 6) is -0.969. The van der Waals surface area contributed by atoms with Crippen LogP contribution >= 0.6 is 0 Å². The molecule has 1 saturated heterocycles. The van der Waals surface area contributed by atoms with Crippen molar-refractivity contribution in [1.29, 1.82) is 0 Å². The van der Waals surface area contributed by atoms with Gasteiger partial charge >= 0.3 is 5.97 Å². The van der Waals surface area contributed by atoms with Crippen LogP contribution < -0.4 is 9.80 Å². The highest BCUT2D eigenvalue weighted by Gasteiger charge is 2.38. The number of piperazine rings is 1. The van der Waals surface area contributed by atoms with Gasteiger partial charge in [-0.15, -0.1) is 0 Å². The van der Waals surface area contributed by atoms with Gasteiger partial charge in [0, 0.05) is 63.8 Å². The molecule has 1 atom stereocenters. The maximum absolute atomic E-state index is 13.2. The molecule has 2 aromatic rings. The third-order valence-corrected chi connectivity index (χ3v) is 5.66. The lowest BCUT2D eigenvalue weighted by molar-refractivity contribution is -0.147. The van der Waals surface area contributed by atoms with Crippen LogP contribution in [0.2, 0.25) is 0 Å². The summed E-state index contributed by atoms with van der Waals surface area (Å²) in [7, 11) is 9.00. The fourth-order valence-corrected chi connectivity index (χ4v) is 3.70. The van der Waals surface area contributed by atoms with Crippen LogP contribution in [0.15, 0.2) is 48.5 Å². The van der Waals surface area contributed by atoms with Gasteiger partial charge in [-0.05, 0) is 48.5 Å². The van der Waals surface area contributed by atoms with E-state index in [-0.39, 0.29) is 24.9 Å². The molecule has 1 aliphatic heterocycles. The first kappa shape index (κ1) is 23.1. The molecule has 2 aromatic carbocycles. The molecule has 8 nitrogen and oxygen atoms in total. The molecular formula is C24H30N4O4. The van der Waals surface area contributed by atoms with Crippen molar-refractivity contribution in [2.24, 2.45) is 0 Å². The molecule has 1 unspecified atom stereocenters. The maximum Gasteiger partial charge on any atom is 0.330 e. The van der Waals surface area contributed by atoms with Crippen molar-refractivity contribution < 1.29 is 19.1 Å². The Morgan fingerprint density at radius 3 is 1.69 bits per heavy atom. The van der Waals surface area contributed by atoms with Crippen molar-refractivity contribution in [3.63, 3.8) is 0 Å². The van der Waals surface area contributed by atoms with Gasteiger partial charge in [0.25, 0.3) is 11.8 Å². The number of hydrogen-bond acceptors (Lipinski definition) is 6. The van der Waals surface area contributed by atoms with E-state index in [1.54, 1.807) is 29.2 Å². The third-order valence-electron chi connectivity index (χ3n) is 5.66. The van der Waals surface area contributed by atoms with Gasteiger partial charge in [-0.25, -0.2) is 4.79 Å². The predicted molar refractivity (Wildman–Crippen MR) is 124 cm³/mol. The summed E-state index contributed by atoms with van der Waals surface area (Å²) in [5, 5.41) is 0. The van der Waals surface area contributed by atoms with Crippen LogP contribution in [0.5, 0.6) is 0 Å². The molecule has 0 saturated carbocycles. The number of carbonyl (C=O) groups excluding carboxylic acids is 3. The molecule has 0 N–H and O–H groups in total. The molecule has 170 valence electrons. The maximum atomic E-state index is 13.2. The molecule has 0 aliphatic carbocycles. The highest BCUT2D eigenvalue weighted by Crippen LogP contribution is 2.20. The molecular weight excluding hydrogens is 408 g/mol. The van der Waals surface area contributed by atoms with Gasteiger partial charge in [-0.3, -0.25) is 9.59 Å². The standard InChI is InChI=1S/C24H30N4O4/c1-25(2)19-10-6-17(7-11-19)22(29)27-14-15-28(21(16-27)24(31)32-5)23(30)18-8-12-20(13-9-18)26(3)4/h6-13,21H,14-16H2,1-5H3. The van der Waals surface area contributed by atoms with Crippen molar-refractivity contribution in [2.45, 2.75) is 6.04 Å². The van der Waals surface area contributed by atoms with Crippen LogP contribution in [-0.4, -0.2) is 88.6 Å². The lowest BCUT2D eigenvalue weighted by Crippen LogP contribution is -2.59. The van der Waals surface area contributed by atoms with Crippen LogP contribution in [0.25, 0.3) is 0 Å². The first-order valence-corrected chi connectivity index (χ1v) is 10.5. The minimum Gasteiger partial charge on any atom is -0.467 e. The Bertz CT molecular complexity index is 970. The van der Waals surface area contributed by atoms with E-state index >= 15 is 0 Å². The molecule has 8 heteroatoms. The molecule has 32 heavy (non-hydrogen) atoms. The average molecular weight is 439 g/mol. The zero-order valence-corrected chi connectivity index (χ0v) is 19.2. The Labute approximate surface area is 188 Å². The summed E-state index contributed by atoms with van der Waals surface area (Å²) >= 11 is 0. The highest BCUT2D eigenvalue weighted by molar-refractivity contribution is 5.99. The van der Waals surface area contributed by atoms with Crippen LogP contribution in [-0.2, 0) is 9.53 Å². The van der Waals surface area contributed by atoms with Crippen molar-refractivity contribution in [3.8, 4) is 0 Å². The lowest BCUT2D eigenvalue weighted by Gasteiger charge is -2.40. The molecule has 0 bridgehead atoms. The highest BCUT2D eigenvalue weighted by atomic mass is 16.5. The molecule has 1 heterocycles. The van der Waals surface area contributed by atoms with E-state index in [9.17, 15) is 14.4 Å². The van der Waals surface area contributed by atoms with Crippen molar-refractivity contribution in [1.82, 2.24) is 9.80 Å². The van der Waals surface area contributed by atoms with E-state index < -0.39 is 12.0 Å². The fraction of sp³-hybridized carbons (Fsp3) is 0.375. The number of rotatable bonds is 5. The quantitative estimate of drug-likeness (QED) is 0.665. The number of amides is 2. The predicted octanol–water partition coefficient (Wildman–Crippen LogP) is 1.96. The van der Waals surface area contributed by atoms with Gasteiger partial charge in [-0.2, -0.15) is 0 Å². The summed E-state index contributed by atoms with van der Waals surface area (Å²) in [6.07, 6.45) is 0. The number of anilines is 2. The summed E-state index contributed by atoms with van der Waals surface area (Å²) in [4.78, 5) is 45.7. The van der Waals surface area contributed by atoms with E-state index in [1.807, 2.05) is 62.3 Å². The largest absolute Gasteiger partial charge is 0.467 e. The van der Waals surface area contributed by atoms with Gasteiger partial charge < -0.3 is 24.3 Å². The van der Waals surface area contributed by atoms with E-state index in [0.717, 1.165) is 11.4 Å². The number of nitrogens with zero attached hydrogens (tertiary/aromatic N) is 4. The number of benzene rings is 2. The van der Waals surface area contributed by atoms with Gasteiger partial charge in [-0.1, -0.05) is 0 Å². The van der Waals surface area contributed by atoms with Crippen molar-refractivity contribution in [3.05, 3.63) is 59.7 Å². The summed E-state index contributed by atoms with van der Waals surface area (Å²) in [6, 6.07) is 13.6. The van der Waals surface area contributed by atoms with Crippen molar-refractivity contribution in [2.75, 3.05) is 64.7 Å². The first-order chi connectivity index (χ1) is 15.2. The van der Waals surface area contributed by atoms with E-state index in [2.05, 4.69) is 0 Å². The van der Waals surface area contributed by atoms with Gasteiger partial charge in [0.2, 0.25) is 0 Å².